The summed E-state index contributed by atoms with van der Waals surface area (Å²) in [5.41, 5.74) is 0.899. The van der Waals surface area contributed by atoms with Gasteiger partial charge in [0.15, 0.2) is 0 Å². The van der Waals surface area contributed by atoms with E-state index in [4.69, 9.17) is 16.3 Å². The SMILES string of the molecule is COc1cc(Br)ccc1CC(=O)CCCl. The molecule has 15 heavy (non-hydrogen) atoms. The number of ketones is 1. The Labute approximate surface area is 103 Å². The highest BCUT2D eigenvalue weighted by molar-refractivity contribution is 9.10. The fourth-order valence-corrected chi connectivity index (χ4v) is 1.82. The molecule has 0 aliphatic rings. The van der Waals surface area contributed by atoms with Crippen molar-refractivity contribution in [3.05, 3.63) is 28.2 Å². The summed E-state index contributed by atoms with van der Waals surface area (Å²) in [5, 5.41) is 0. The first kappa shape index (κ1) is 12.5. The fraction of sp³-hybridized carbons (Fsp3) is 0.364. The molecule has 0 radical (unpaired) electrons. The summed E-state index contributed by atoms with van der Waals surface area (Å²) in [5.74, 6) is 1.23. The van der Waals surface area contributed by atoms with E-state index in [0.717, 1.165) is 15.8 Å². The lowest BCUT2D eigenvalue weighted by Crippen LogP contribution is -2.04. The van der Waals surface area contributed by atoms with Gasteiger partial charge in [0.05, 0.1) is 7.11 Å². The van der Waals surface area contributed by atoms with Crippen molar-refractivity contribution in [3.63, 3.8) is 0 Å². The summed E-state index contributed by atoms with van der Waals surface area (Å²) in [4.78, 5) is 11.4. The summed E-state index contributed by atoms with van der Waals surface area (Å²) >= 11 is 8.85. The minimum atomic E-state index is 0.130. The van der Waals surface area contributed by atoms with Crippen molar-refractivity contribution in [2.45, 2.75) is 12.8 Å². The van der Waals surface area contributed by atoms with Crippen LogP contribution in [0.25, 0.3) is 0 Å². The maximum atomic E-state index is 11.4. The minimum Gasteiger partial charge on any atom is -0.496 e. The number of carbonyl (C=O) groups excluding carboxylic acids is 1. The van der Waals surface area contributed by atoms with Gasteiger partial charge in [-0.25, -0.2) is 0 Å². The van der Waals surface area contributed by atoms with Crippen LogP contribution in [0.5, 0.6) is 5.75 Å². The Morgan fingerprint density at radius 3 is 2.87 bits per heavy atom. The molecule has 0 heterocycles. The molecule has 82 valence electrons. The zero-order valence-electron chi connectivity index (χ0n) is 8.43. The van der Waals surface area contributed by atoms with Crippen molar-refractivity contribution in [1.29, 1.82) is 0 Å². The molecule has 0 unspecified atom stereocenters. The molecule has 0 bridgehead atoms. The molecule has 0 aliphatic carbocycles. The number of halogens is 2. The minimum absolute atomic E-state index is 0.130. The van der Waals surface area contributed by atoms with E-state index in [2.05, 4.69) is 15.9 Å². The van der Waals surface area contributed by atoms with E-state index in [1.165, 1.54) is 0 Å². The third-order valence-corrected chi connectivity index (χ3v) is 2.69. The molecule has 1 aromatic rings. The molecule has 2 nitrogen and oxygen atoms in total. The van der Waals surface area contributed by atoms with Crippen molar-refractivity contribution < 1.29 is 9.53 Å². The largest absolute Gasteiger partial charge is 0.496 e. The quantitative estimate of drug-likeness (QED) is 0.779. The van der Waals surface area contributed by atoms with Gasteiger partial charge < -0.3 is 4.74 Å². The van der Waals surface area contributed by atoms with Crippen LogP contribution in [0.1, 0.15) is 12.0 Å². The van der Waals surface area contributed by atoms with E-state index in [9.17, 15) is 4.79 Å². The summed E-state index contributed by atoms with van der Waals surface area (Å²) in [6.45, 7) is 0. The van der Waals surface area contributed by atoms with Gasteiger partial charge in [-0.1, -0.05) is 22.0 Å². The number of Topliss-reactive ketones (excluding diaryl/α,β-unsaturated/α-hetero) is 1. The van der Waals surface area contributed by atoms with Gasteiger partial charge in [-0.3, -0.25) is 4.79 Å². The summed E-state index contributed by atoms with van der Waals surface area (Å²) < 4.78 is 6.13. The Hall–Kier alpha value is -0.540. The van der Waals surface area contributed by atoms with Gasteiger partial charge in [0.1, 0.15) is 11.5 Å². The molecule has 0 fully saturated rings. The molecule has 1 aromatic carbocycles. The average molecular weight is 292 g/mol. The van der Waals surface area contributed by atoms with Gasteiger partial charge in [0.25, 0.3) is 0 Å². The van der Waals surface area contributed by atoms with Gasteiger partial charge in [-0.2, -0.15) is 0 Å². The van der Waals surface area contributed by atoms with Crippen LogP contribution in [0.15, 0.2) is 22.7 Å². The Bertz CT molecular complexity index is 352. The van der Waals surface area contributed by atoms with Crippen LogP contribution in [-0.2, 0) is 11.2 Å². The third-order valence-electron chi connectivity index (χ3n) is 2.01. The normalized spacial score (nSPS) is 10.1. The molecule has 4 heteroatoms. The molecular weight excluding hydrogens is 279 g/mol. The van der Waals surface area contributed by atoms with E-state index in [-0.39, 0.29) is 5.78 Å². The molecule has 0 saturated heterocycles. The molecule has 0 amide bonds. The van der Waals surface area contributed by atoms with E-state index >= 15 is 0 Å². The number of hydrogen-bond acceptors (Lipinski definition) is 2. The number of hydrogen-bond donors (Lipinski definition) is 0. The number of carbonyl (C=O) groups is 1. The second-order valence-corrected chi connectivity index (χ2v) is 4.40. The Morgan fingerprint density at radius 2 is 2.27 bits per heavy atom. The van der Waals surface area contributed by atoms with Crippen LogP contribution < -0.4 is 4.74 Å². The zero-order chi connectivity index (χ0) is 11.3. The molecule has 0 aliphatic heterocycles. The van der Waals surface area contributed by atoms with Gasteiger partial charge in [-0.05, 0) is 12.1 Å². The van der Waals surface area contributed by atoms with Gasteiger partial charge >= 0.3 is 0 Å². The number of benzene rings is 1. The molecule has 0 spiro atoms. The third kappa shape index (κ3) is 3.84. The second-order valence-electron chi connectivity index (χ2n) is 3.11. The molecule has 0 atom stereocenters. The van der Waals surface area contributed by atoms with Crippen molar-refractivity contribution in [2.75, 3.05) is 13.0 Å². The molecule has 0 N–H and O–H groups in total. The monoisotopic (exact) mass is 290 g/mol. The first-order valence-electron chi connectivity index (χ1n) is 4.57. The standard InChI is InChI=1S/C11H12BrClO2/c1-15-11-7-9(12)3-2-8(11)6-10(14)4-5-13/h2-3,7H,4-6H2,1H3. The van der Waals surface area contributed by atoms with E-state index in [1.807, 2.05) is 18.2 Å². The number of ether oxygens (including phenoxy) is 1. The summed E-state index contributed by atoms with van der Waals surface area (Å²) in [7, 11) is 1.59. The molecule has 0 aromatic heterocycles. The first-order chi connectivity index (χ1) is 7.17. The van der Waals surface area contributed by atoms with Crippen molar-refractivity contribution in [3.8, 4) is 5.75 Å². The predicted octanol–water partition coefficient (Wildman–Crippen LogP) is 3.20. The van der Waals surface area contributed by atoms with Crippen molar-refractivity contribution in [2.24, 2.45) is 0 Å². The molecule has 1 rings (SSSR count). The predicted molar refractivity (Wildman–Crippen MR) is 64.7 cm³/mol. The van der Waals surface area contributed by atoms with Crippen LogP contribution in [0, 0.1) is 0 Å². The zero-order valence-corrected chi connectivity index (χ0v) is 10.8. The first-order valence-corrected chi connectivity index (χ1v) is 5.90. The van der Waals surface area contributed by atoms with E-state index in [0.29, 0.717) is 18.7 Å². The Morgan fingerprint density at radius 1 is 1.53 bits per heavy atom. The van der Waals surface area contributed by atoms with Gasteiger partial charge in [0, 0.05) is 28.8 Å². The highest BCUT2D eigenvalue weighted by Gasteiger charge is 2.08. The highest BCUT2D eigenvalue weighted by Crippen LogP contribution is 2.24. The van der Waals surface area contributed by atoms with Gasteiger partial charge in [-0.15, -0.1) is 11.6 Å². The van der Waals surface area contributed by atoms with Gasteiger partial charge in [0.2, 0.25) is 0 Å². The second kappa shape index (κ2) is 6.13. The lowest BCUT2D eigenvalue weighted by Gasteiger charge is -2.07. The number of alkyl halides is 1. The summed E-state index contributed by atoms with van der Waals surface area (Å²) in [6.07, 6.45) is 0.782. The van der Waals surface area contributed by atoms with Crippen LogP contribution in [0.3, 0.4) is 0 Å². The Kier molecular flexibility index (Phi) is 5.12. The molecular formula is C11H12BrClO2. The van der Waals surface area contributed by atoms with E-state index < -0.39 is 0 Å². The lowest BCUT2D eigenvalue weighted by molar-refractivity contribution is -0.118. The maximum absolute atomic E-state index is 11.4. The van der Waals surface area contributed by atoms with Crippen molar-refractivity contribution >= 4 is 33.3 Å². The van der Waals surface area contributed by atoms with Crippen LogP contribution in [-0.4, -0.2) is 18.8 Å². The topological polar surface area (TPSA) is 26.3 Å². The number of methoxy groups -OCH3 is 1. The Balaban J connectivity index is 2.80. The average Bonchev–Trinajstić information content (AvgIpc) is 2.21. The van der Waals surface area contributed by atoms with Crippen molar-refractivity contribution in [1.82, 2.24) is 0 Å². The van der Waals surface area contributed by atoms with Crippen LogP contribution >= 0.6 is 27.5 Å². The maximum Gasteiger partial charge on any atom is 0.138 e. The van der Waals surface area contributed by atoms with E-state index in [1.54, 1.807) is 7.11 Å². The van der Waals surface area contributed by atoms with Crippen LogP contribution in [0.4, 0.5) is 0 Å². The fourth-order valence-electron chi connectivity index (χ4n) is 1.27. The lowest BCUT2D eigenvalue weighted by atomic mass is 10.1. The smallest absolute Gasteiger partial charge is 0.138 e. The highest BCUT2D eigenvalue weighted by atomic mass is 79.9. The van der Waals surface area contributed by atoms with Crippen LogP contribution in [0.2, 0.25) is 0 Å². The number of rotatable bonds is 5. The molecule has 0 saturated carbocycles. The summed E-state index contributed by atoms with van der Waals surface area (Å²) in [6, 6.07) is 5.63.